The molecule has 0 aliphatic carbocycles. The van der Waals surface area contributed by atoms with E-state index in [1.807, 2.05) is 0 Å². The summed E-state index contributed by atoms with van der Waals surface area (Å²) in [7, 11) is 2.22. The van der Waals surface area contributed by atoms with Crippen molar-refractivity contribution in [3.8, 4) is 0 Å². The molecule has 0 N–H and O–H groups in total. The molecule has 0 bridgehead atoms. The lowest BCUT2D eigenvalue weighted by Gasteiger charge is -2.11. The normalized spacial score (nSPS) is 10.5. The molecule has 0 fully saturated rings. The third-order valence-corrected chi connectivity index (χ3v) is 3.05. The van der Waals surface area contributed by atoms with E-state index in [0.717, 1.165) is 7.11 Å². The molecule has 0 unspecified atom stereocenters. The number of benzene rings is 1. The second-order valence-corrected chi connectivity index (χ2v) is 4.11. The largest absolute Gasteiger partial charge is 0.465 e. The molecule has 1 rings (SSSR count). The number of carbonyl (C=O) groups is 1. The Morgan fingerprint density at radius 1 is 1.18 bits per heavy atom. The Bertz CT molecular complexity index is 434. The summed E-state index contributed by atoms with van der Waals surface area (Å²) in [5.74, 6) is -5.03. The lowest BCUT2D eigenvalue weighted by molar-refractivity contribution is 0.0591. The molecule has 0 aliphatic heterocycles. The average molecular weight is 360 g/mol. The highest BCUT2D eigenvalue weighted by Crippen LogP contribution is 2.27. The first-order chi connectivity index (χ1) is 7.95. The highest BCUT2D eigenvalue weighted by Gasteiger charge is 2.27. The van der Waals surface area contributed by atoms with Crippen LogP contribution in [-0.4, -0.2) is 20.2 Å². The molecule has 0 heterocycles. The molecule has 0 aliphatic rings. The van der Waals surface area contributed by atoms with Crippen LogP contribution in [0.1, 0.15) is 15.9 Å². The summed E-state index contributed by atoms with van der Waals surface area (Å²) in [6, 6.07) is 0. The fourth-order valence-electron chi connectivity index (χ4n) is 1.23. The van der Waals surface area contributed by atoms with Gasteiger partial charge < -0.3 is 9.47 Å². The van der Waals surface area contributed by atoms with E-state index in [0.29, 0.717) is 0 Å². The molecular formula is C10H8F3IO3. The van der Waals surface area contributed by atoms with E-state index in [4.69, 9.17) is 0 Å². The Morgan fingerprint density at radius 3 is 2.24 bits per heavy atom. The summed E-state index contributed by atoms with van der Waals surface area (Å²) < 4.78 is 49.2. The minimum Gasteiger partial charge on any atom is -0.465 e. The smallest absolute Gasteiger partial charge is 0.342 e. The number of hydrogen-bond acceptors (Lipinski definition) is 3. The average Bonchev–Trinajstić information content (AvgIpc) is 2.32. The molecule has 3 nitrogen and oxygen atoms in total. The number of carbonyl (C=O) groups excluding carboxylic acids is 1. The topological polar surface area (TPSA) is 35.5 Å². The zero-order valence-corrected chi connectivity index (χ0v) is 11.1. The lowest BCUT2D eigenvalue weighted by atomic mass is 10.1. The Labute approximate surface area is 109 Å². The van der Waals surface area contributed by atoms with Crippen LogP contribution in [-0.2, 0) is 16.1 Å². The maximum Gasteiger partial charge on any atom is 0.342 e. The number of esters is 1. The molecule has 7 heteroatoms. The van der Waals surface area contributed by atoms with E-state index in [1.165, 1.54) is 29.7 Å². The zero-order valence-electron chi connectivity index (χ0n) is 8.94. The maximum absolute atomic E-state index is 13.7. The molecular weight excluding hydrogens is 352 g/mol. The summed E-state index contributed by atoms with van der Waals surface area (Å²) in [6.07, 6.45) is 0. The summed E-state index contributed by atoms with van der Waals surface area (Å²) in [4.78, 5) is 11.2. The Kier molecular flexibility index (Phi) is 4.75. The molecule has 0 amide bonds. The standard InChI is InChI=1S/C10H8F3IO3/c1-16-3-4-6(11)8(13)5(10(15)17-2)9(14)7(4)12/h3H2,1-2H3. The van der Waals surface area contributed by atoms with Crippen molar-refractivity contribution >= 4 is 28.6 Å². The fourth-order valence-corrected chi connectivity index (χ4v) is 2.01. The van der Waals surface area contributed by atoms with Gasteiger partial charge in [0, 0.05) is 7.11 Å². The first-order valence-electron chi connectivity index (χ1n) is 4.37. The van der Waals surface area contributed by atoms with E-state index in [-0.39, 0.29) is 3.57 Å². The number of ether oxygens (including phenoxy) is 2. The Hall–Kier alpha value is -0.830. The molecule has 17 heavy (non-hydrogen) atoms. The quantitative estimate of drug-likeness (QED) is 0.472. The third kappa shape index (κ3) is 2.54. The minimum atomic E-state index is -1.44. The predicted octanol–water partition coefficient (Wildman–Crippen LogP) is 2.64. The van der Waals surface area contributed by atoms with E-state index >= 15 is 0 Å². The SMILES string of the molecule is COCc1c(F)c(F)c(C(=O)OC)c(I)c1F. The fraction of sp³-hybridized carbons (Fsp3) is 0.300. The monoisotopic (exact) mass is 360 g/mol. The number of hydrogen-bond donors (Lipinski definition) is 0. The summed E-state index contributed by atoms with van der Waals surface area (Å²) in [5.41, 5.74) is -1.30. The first kappa shape index (κ1) is 14.2. The molecule has 0 atom stereocenters. The van der Waals surface area contributed by atoms with Gasteiger partial charge in [0.1, 0.15) is 11.4 Å². The van der Waals surface area contributed by atoms with E-state index in [2.05, 4.69) is 9.47 Å². The van der Waals surface area contributed by atoms with Crippen LogP contribution in [0.25, 0.3) is 0 Å². The van der Waals surface area contributed by atoms with Crippen molar-refractivity contribution in [3.05, 3.63) is 32.1 Å². The maximum atomic E-state index is 13.7. The summed E-state index contributed by atoms with van der Waals surface area (Å²) in [5, 5.41) is 0. The van der Waals surface area contributed by atoms with Crippen molar-refractivity contribution in [2.75, 3.05) is 14.2 Å². The van der Waals surface area contributed by atoms with E-state index in [9.17, 15) is 18.0 Å². The molecule has 94 valence electrons. The van der Waals surface area contributed by atoms with Crippen molar-refractivity contribution in [2.45, 2.75) is 6.61 Å². The second-order valence-electron chi connectivity index (χ2n) is 3.03. The van der Waals surface area contributed by atoms with Gasteiger partial charge in [0.15, 0.2) is 11.6 Å². The summed E-state index contributed by atoms with van der Waals surface area (Å²) in [6.45, 7) is -0.425. The molecule has 0 spiro atoms. The highest BCUT2D eigenvalue weighted by molar-refractivity contribution is 14.1. The van der Waals surface area contributed by atoms with E-state index in [1.54, 1.807) is 0 Å². The van der Waals surface area contributed by atoms with Crippen LogP contribution in [0.15, 0.2) is 0 Å². The second kappa shape index (κ2) is 5.67. The van der Waals surface area contributed by atoms with Gasteiger partial charge in [-0.15, -0.1) is 0 Å². The van der Waals surface area contributed by atoms with Gasteiger partial charge in [0.2, 0.25) is 0 Å². The van der Waals surface area contributed by atoms with Crippen molar-refractivity contribution in [2.24, 2.45) is 0 Å². The van der Waals surface area contributed by atoms with Crippen molar-refractivity contribution in [1.29, 1.82) is 0 Å². The first-order valence-corrected chi connectivity index (χ1v) is 5.45. The van der Waals surface area contributed by atoms with Crippen molar-refractivity contribution < 1.29 is 27.4 Å². The van der Waals surface area contributed by atoms with Gasteiger partial charge >= 0.3 is 5.97 Å². The number of rotatable bonds is 3. The van der Waals surface area contributed by atoms with Crippen LogP contribution in [0.3, 0.4) is 0 Å². The van der Waals surface area contributed by atoms with Gasteiger partial charge in [-0.05, 0) is 22.6 Å². The number of halogens is 4. The number of methoxy groups -OCH3 is 2. The third-order valence-electron chi connectivity index (χ3n) is 2.03. The van der Waals surface area contributed by atoms with Crippen LogP contribution in [0.5, 0.6) is 0 Å². The Morgan fingerprint density at radius 2 is 1.76 bits per heavy atom. The van der Waals surface area contributed by atoms with Crippen LogP contribution < -0.4 is 0 Å². The van der Waals surface area contributed by atoms with Gasteiger partial charge in [0.25, 0.3) is 0 Å². The van der Waals surface area contributed by atoms with Crippen LogP contribution >= 0.6 is 22.6 Å². The van der Waals surface area contributed by atoms with Gasteiger partial charge in [-0.2, -0.15) is 0 Å². The minimum absolute atomic E-state index is 0.333. The van der Waals surface area contributed by atoms with Gasteiger partial charge in [-0.25, -0.2) is 18.0 Å². The molecule has 0 saturated carbocycles. The molecule has 0 saturated heterocycles. The van der Waals surface area contributed by atoms with E-state index < -0.39 is 41.2 Å². The van der Waals surface area contributed by atoms with Gasteiger partial charge in [-0.1, -0.05) is 0 Å². The van der Waals surface area contributed by atoms with Gasteiger partial charge in [-0.3, -0.25) is 0 Å². The molecule has 1 aromatic carbocycles. The molecule has 1 aromatic rings. The molecule has 0 radical (unpaired) electrons. The summed E-state index contributed by atoms with van der Waals surface area (Å²) >= 11 is 1.41. The predicted molar refractivity (Wildman–Crippen MR) is 61.1 cm³/mol. The van der Waals surface area contributed by atoms with Crippen molar-refractivity contribution in [1.82, 2.24) is 0 Å². The highest BCUT2D eigenvalue weighted by atomic mass is 127. The zero-order chi connectivity index (χ0) is 13.2. The van der Waals surface area contributed by atoms with Crippen LogP contribution in [0.4, 0.5) is 13.2 Å². The Balaban J connectivity index is 3.52. The molecule has 0 aromatic heterocycles. The lowest BCUT2D eigenvalue weighted by Crippen LogP contribution is -2.14. The van der Waals surface area contributed by atoms with Crippen LogP contribution in [0.2, 0.25) is 0 Å². The van der Waals surface area contributed by atoms with Crippen LogP contribution in [0, 0.1) is 21.0 Å². The van der Waals surface area contributed by atoms with Gasteiger partial charge in [0.05, 0.1) is 22.9 Å². The van der Waals surface area contributed by atoms with Crippen molar-refractivity contribution in [3.63, 3.8) is 0 Å².